The van der Waals surface area contributed by atoms with Crippen LogP contribution < -0.4 is 0 Å². The van der Waals surface area contributed by atoms with E-state index in [4.69, 9.17) is 0 Å². The summed E-state index contributed by atoms with van der Waals surface area (Å²) in [6, 6.07) is 3.28. The van der Waals surface area contributed by atoms with Crippen LogP contribution in [0.3, 0.4) is 0 Å². The molecule has 0 saturated carbocycles. The molecule has 2 heterocycles. The molecule has 2 aromatic rings. The molecule has 0 N–H and O–H groups in total. The van der Waals surface area contributed by atoms with E-state index in [9.17, 15) is 9.59 Å². The van der Waals surface area contributed by atoms with Gasteiger partial charge in [0.05, 0.1) is 6.20 Å². The van der Waals surface area contributed by atoms with Gasteiger partial charge in [0.2, 0.25) is 0 Å². The van der Waals surface area contributed by atoms with Gasteiger partial charge in [-0.25, -0.2) is 9.67 Å². The number of rotatable bonds is 3. The third kappa shape index (κ3) is 1.85. The summed E-state index contributed by atoms with van der Waals surface area (Å²) in [5.41, 5.74) is 0.761. The summed E-state index contributed by atoms with van der Waals surface area (Å²) >= 11 is 0. The fourth-order valence-corrected chi connectivity index (χ4v) is 1.17. The first kappa shape index (κ1) is 10.2. The topological polar surface area (TPSA) is 77.7 Å². The van der Waals surface area contributed by atoms with Crippen LogP contribution in [0.2, 0.25) is 0 Å². The summed E-state index contributed by atoms with van der Waals surface area (Å²) in [5, 5.41) is 7.33. The van der Waals surface area contributed by atoms with Gasteiger partial charge in [-0.15, -0.1) is 5.10 Å². The molecule has 0 radical (unpaired) electrons. The lowest BCUT2D eigenvalue weighted by atomic mass is 10.2. The largest absolute Gasteiger partial charge is 0.296 e. The van der Waals surface area contributed by atoms with Gasteiger partial charge in [0.15, 0.2) is 17.9 Å². The number of pyridine rings is 1. The van der Waals surface area contributed by atoms with E-state index in [2.05, 4.69) is 15.3 Å². The Morgan fingerprint density at radius 3 is 2.75 bits per heavy atom. The van der Waals surface area contributed by atoms with Crippen LogP contribution in [0.15, 0.2) is 24.5 Å². The van der Waals surface area contributed by atoms with Crippen molar-refractivity contribution < 1.29 is 9.59 Å². The molecular weight excluding hydrogens is 208 g/mol. The van der Waals surface area contributed by atoms with E-state index in [1.807, 2.05) is 0 Å². The zero-order valence-electron chi connectivity index (χ0n) is 8.49. The molecule has 16 heavy (non-hydrogen) atoms. The van der Waals surface area contributed by atoms with Crippen molar-refractivity contribution in [1.82, 2.24) is 20.0 Å². The quantitative estimate of drug-likeness (QED) is 0.556. The van der Waals surface area contributed by atoms with E-state index in [-0.39, 0.29) is 11.5 Å². The average molecular weight is 216 g/mol. The summed E-state index contributed by atoms with van der Waals surface area (Å²) in [6.45, 7) is 1.47. The second-order valence-corrected chi connectivity index (χ2v) is 3.17. The maximum absolute atomic E-state index is 11.0. The fraction of sp³-hybridized carbons (Fsp3) is 0.100. The number of ketones is 1. The van der Waals surface area contributed by atoms with Gasteiger partial charge in [-0.1, -0.05) is 5.21 Å². The highest BCUT2D eigenvalue weighted by Crippen LogP contribution is 2.05. The first-order valence-electron chi connectivity index (χ1n) is 4.55. The van der Waals surface area contributed by atoms with Crippen molar-refractivity contribution in [2.24, 2.45) is 0 Å². The standard InChI is InChI=1S/C10H8N4O2/c1-7(16)8-2-3-10(11-4-8)14-5-9(6-15)12-13-14/h2-6H,1H3. The summed E-state index contributed by atoms with van der Waals surface area (Å²) in [6.07, 6.45) is 3.52. The lowest BCUT2D eigenvalue weighted by Gasteiger charge is -1.99. The van der Waals surface area contributed by atoms with Gasteiger partial charge in [0, 0.05) is 11.8 Å². The number of carbonyl (C=O) groups excluding carboxylic acids is 2. The molecule has 2 rings (SSSR count). The lowest BCUT2D eigenvalue weighted by molar-refractivity contribution is 0.101. The summed E-state index contributed by atoms with van der Waals surface area (Å²) in [7, 11) is 0. The molecule has 0 aromatic carbocycles. The monoisotopic (exact) mass is 216 g/mol. The molecular formula is C10H8N4O2. The predicted octanol–water partition coefficient (Wildman–Crippen LogP) is 0.677. The van der Waals surface area contributed by atoms with Crippen molar-refractivity contribution >= 4 is 12.1 Å². The molecule has 0 aliphatic rings. The number of Topliss-reactive ketones (excluding diaryl/α,β-unsaturated/α-hetero) is 1. The van der Waals surface area contributed by atoms with Gasteiger partial charge in [-0.05, 0) is 19.1 Å². The molecule has 80 valence electrons. The predicted molar refractivity (Wildman–Crippen MR) is 54.5 cm³/mol. The van der Waals surface area contributed by atoms with E-state index in [0.717, 1.165) is 0 Å². The third-order valence-electron chi connectivity index (χ3n) is 2.02. The van der Waals surface area contributed by atoms with Gasteiger partial charge in [0.1, 0.15) is 5.69 Å². The first-order chi connectivity index (χ1) is 7.70. The van der Waals surface area contributed by atoms with Crippen LogP contribution in [-0.2, 0) is 0 Å². The zero-order chi connectivity index (χ0) is 11.5. The Bertz CT molecular complexity index is 530. The zero-order valence-corrected chi connectivity index (χ0v) is 8.49. The molecule has 0 fully saturated rings. The number of nitrogens with zero attached hydrogens (tertiary/aromatic N) is 4. The maximum Gasteiger partial charge on any atom is 0.171 e. The van der Waals surface area contributed by atoms with Gasteiger partial charge < -0.3 is 0 Å². The average Bonchev–Trinajstić information content (AvgIpc) is 2.77. The second-order valence-electron chi connectivity index (χ2n) is 3.17. The Kier molecular flexibility index (Phi) is 2.55. The lowest BCUT2D eigenvalue weighted by Crippen LogP contribution is -2.00. The van der Waals surface area contributed by atoms with Crippen LogP contribution in [-0.4, -0.2) is 32.0 Å². The highest BCUT2D eigenvalue weighted by atomic mass is 16.1. The Morgan fingerprint density at radius 2 is 2.25 bits per heavy atom. The number of aromatic nitrogens is 4. The van der Waals surface area contributed by atoms with Crippen molar-refractivity contribution in [3.63, 3.8) is 0 Å². The molecule has 0 atom stereocenters. The molecule has 0 aliphatic heterocycles. The molecule has 6 nitrogen and oxygen atoms in total. The van der Waals surface area contributed by atoms with Crippen LogP contribution in [0.1, 0.15) is 27.8 Å². The SMILES string of the molecule is CC(=O)c1ccc(-n2cc(C=O)nn2)nc1. The van der Waals surface area contributed by atoms with Crippen molar-refractivity contribution in [3.05, 3.63) is 35.8 Å². The summed E-state index contributed by atoms with van der Waals surface area (Å²) in [4.78, 5) is 25.5. The summed E-state index contributed by atoms with van der Waals surface area (Å²) < 4.78 is 1.37. The van der Waals surface area contributed by atoms with E-state index >= 15 is 0 Å². The van der Waals surface area contributed by atoms with Crippen LogP contribution in [0.5, 0.6) is 0 Å². The van der Waals surface area contributed by atoms with Gasteiger partial charge >= 0.3 is 0 Å². The van der Waals surface area contributed by atoms with Crippen LogP contribution in [0.25, 0.3) is 5.82 Å². The highest BCUT2D eigenvalue weighted by Gasteiger charge is 2.04. The number of carbonyl (C=O) groups is 2. The normalized spacial score (nSPS) is 10.1. The Labute approximate surface area is 90.9 Å². The minimum absolute atomic E-state index is 0.0498. The molecule has 0 unspecified atom stereocenters. The molecule has 6 heteroatoms. The second kappa shape index (κ2) is 4.01. The van der Waals surface area contributed by atoms with Crippen LogP contribution in [0.4, 0.5) is 0 Å². The smallest absolute Gasteiger partial charge is 0.171 e. The first-order valence-corrected chi connectivity index (χ1v) is 4.55. The Hall–Kier alpha value is -2.37. The Balaban J connectivity index is 2.34. The van der Waals surface area contributed by atoms with Crippen molar-refractivity contribution in [2.45, 2.75) is 6.92 Å². The van der Waals surface area contributed by atoms with Gasteiger partial charge in [-0.3, -0.25) is 9.59 Å². The van der Waals surface area contributed by atoms with Gasteiger partial charge in [0.25, 0.3) is 0 Å². The van der Waals surface area contributed by atoms with Crippen molar-refractivity contribution in [1.29, 1.82) is 0 Å². The highest BCUT2D eigenvalue weighted by molar-refractivity contribution is 5.93. The minimum atomic E-state index is -0.0498. The van der Waals surface area contributed by atoms with Gasteiger partial charge in [-0.2, -0.15) is 0 Å². The minimum Gasteiger partial charge on any atom is -0.296 e. The van der Waals surface area contributed by atoms with Crippen molar-refractivity contribution in [2.75, 3.05) is 0 Å². The van der Waals surface area contributed by atoms with Crippen molar-refractivity contribution in [3.8, 4) is 5.82 Å². The Morgan fingerprint density at radius 1 is 1.44 bits per heavy atom. The summed E-state index contributed by atoms with van der Waals surface area (Å²) in [5.74, 6) is 0.455. The molecule has 0 spiro atoms. The van der Waals surface area contributed by atoms with E-state index in [0.29, 0.717) is 17.7 Å². The molecule has 0 bridgehead atoms. The molecule has 0 saturated heterocycles. The number of aldehydes is 1. The van der Waals surface area contributed by atoms with E-state index < -0.39 is 0 Å². The van der Waals surface area contributed by atoms with Crippen LogP contribution >= 0.6 is 0 Å². The van der Waals surface area contributed by atoms with E-state index in [1.54, 1.807) is 12.1 Å². The number of hydrogen-bond donors (Lipinski definition) is 0. The molecule has 0 amide bonds. The maximum atomic E-state index is 11.0. The van der Waals surface area contributed by atoms with E-state index in [1.165, 1.54) is 24.0 Å². The third-order valence-corrected chi connectivity index (χ3v) is 2.02. The fourth-order valence-electron chi connectivity index (χ4n) is 1.17. The van der Waals surface area contributed by atoms with Crippen LogP contribution in [0, 0.1) is 0 Å². The number of hydrogen-bond acceptors (Lipinski definition) is 5. The molecule has 0 aliphatic carbocycles. The molecule has 2 aromatic heterocycles.